The van der Waals surface area contributed by atoms with Crippen molar-refractivity contribution in [3.05, 3.63) is 107 Å². The van der Waals surface area contributed by atoms with Gasteiger partial charge in [-0.15, -0.1) is 0 Å². The number of aliphatic hydroxyl groups is 3. The van der Waals surface area contributed by atoms with Gasteiger partial charge in [-0.25, -0.2) is 13.6 Å². The van der Waals surface area contributed by atoms with E-state index in [-0.39, 0.29) is 47.8 Å². The summed E-state index contributed by atoms with van der Waals surface area (Å²) in [6, 6.07) is 16.5. The molecule has 1 aliphatic rings. The number of benzene rings is 3. The molecule has 3 aromatic carbocycles. The van der Waals surface area contributed by atoms with Crippen LogP contribution in [0.3, 0.4) is 0 Å². The van der Waals surface area contributed by atoms with Crippen molar-refractivity contribution in [2.75, 3.05) is 26.4 Å². The first-order valence-corrected chi connectivity index (χ1v) is 18.8. The molecular weight excluding hydrogens is 662 g/mol. The Bertz CT molecular complexity index is 1640. The molecule has 0 aliphatic heterocycles. The highest BCUT2D eigenvalue weighted by Gasteiger charge is 2.25. The fourth-order valence-corrected chi connectivity index (χ4v) is 7.12. The molecular formula is C44H56F2O6. The van der Waals surface area contributed by atoms with Gasteiger partial charge < -0.3 is 24.8 Å². The number of ether oxygens (including phenoxy) is 2. The summed E-state index contributed by atoms with van der Waals surface area (Å²) in [4.78, 5) is 12.1. The van der Waals surface area contributed by atoms with Gasteiger partial charge in [0, 0.05) is 22.6 Å². The van der Waals surface area contributed by atoms with Crippen LogP contribution in [0.4, 0.5) is 8.78 Å². The molecule has 52 heavy (non-hydrogen) atoms. The molecule has 3 N–H and O–H groups in total. The number of hydrogen-bond acceptors (Lipinski definition) is 6. The van der Waals surface area contributed by atoms with Crippen molar-refractivity contribution < 1.29 is 38.4 Å². The van der Waals surface area contributed by atoms with E-state index in [9.17, 15) is 15.0 Å². The second kappa shape index (κ2) is 20.5. The third kappa shape index (κ3) is 11.4. The summed E-state index contributed by atoms with van der Waals surface area (Å²) in [6.07, 6.45) is 9.39. The lowest BCUT2D eigenvalue weighted by atomic mass is 9.76. The van der Waals surface area contributed by atoms with Gasteiger partial charge in [0.05, 0.1) is 32.0 Å². The second-order valence-electron chi connectivity index (χ2n) is 14.3. The molecule has 0 heterocycles. The minimum Gasteiger partial charge on any atom is -0.462 e. The molecule has 1 saturated carbocycles. The molecule has 2 unspecified atom stereocenters. The summed E-state index contributed by atoms with van der Waals surface area (Å²) in [7, 11) is 0. The van der Waals surface area contributed by atoms with Crippen molar-refractivity contribution in [1.29, 1.82) is 0 Å². The SMILES string of the molecule is C=C(CO)C(=O)OCC(CCC1CCC(c2ccc(-c3ccc(-c4ccc(CCCCC)c(CC)c4)c(F)c3)c(F)c2)CC1)COC(O)C(=C)CO. The third-order valence-corrected chi connectivity index (χ3v) is 10.5. The Morgan fingerprint density at radius 3 is 2.15 bits per heavy atom. The number of hydrogen-bond donors (Lipinski definition) is 3. The Morgan fingerprint density at radius 2 is 1.52 bits per heavy atom. The maximum atomic E-state index is 15.6. The van der Waals surface area contributed by atoms with Gasteiger partial charge in [0.2, 0.25) is 0 Å². The van der Waals surface area contributed by atoms with Crippen LogP contribution < -0.4 is 0 Å². The zero-order chi connectivity index (χ0) is 37.6. The first kappa shape index (κ1) is 41.1. The van der Waals surface area contributed by atoms with Crippen LogP contribution in [-0.4, -0.2) is 54.0 Å². The zero-order valence-corrected chi connectivity index (χ0v) is 30.8. The van der Waals surface area contributed by atoms with Crippen LogP contribution in [0, 0.1) is 23.5 Å². The van der Waals surface area contributed by atoms with Gasteiger partial charge in [-0.2, -0.15) is 0 Å². The number of aryl methyl sites for hydroxylation is 2. The maximum Gasteiger partial charge on any atom is 0.335 e. The van der Waals surface area contributed by atoms with Crippen LogP contribution in [-0.2, 0) is 27.1 Å². The van der Waals surface area contributed by atoms with Crippen molar-refractivity contribution in [1.82, 2.24) is 0 Å². The summed E-state index contributed by atoms with van der Waals surface area (Å²) in [5, 5.41) is 28.4. The normalized spacial score (nSPS) is 17.1. The van der Waals surface area contributed by atoms with Crippen LogP contribution in [0.25, 0.3) is 22.3 Å². The molecule has 282 valence electrons. The summed E-state index contributed by atoms with van der Waals surface area (Å²) in [6.45, 7) is 10.6. The number of carbonyl (C=O) groups excluding carboxylic acids is 1. The van der Waals surface area contributed by atoms with E-state index in [0.717, 1.165) is 62.5 Å². The van der Waals surface area contributed by atoms with E-state index in [0.29, 0.717) is 29.0 Å². The summed E-state index contributed by atoms with van der Waals surface area (Å²) >= 11 is 0. The van der Waals surface area contributed by atoms with Crippen LogP contribution in [0.2, 0.25) is 0 Å². The predicted molar refractivity (Wildman–Crippen MR) is 203 cm³/mol. The minimum absolute atomic E-state index is 0.0375. The van der Waals surface area contributed by atoms with Gasteiger partial charge in [-0.3, -0.25) is 0 Å². The molecule has 0 spiro atoms. The lowest BCUT2D eigenvalue weighted by Crippen LogP contribution is -2.26. The van der Waals surface area contributed by atoms with Gasteiger partial charge in [-0.1, -0.05) is 82.3 Å². The largest absolute Gasteiger partial charge is 0.462 e. The lowest BCUT2D eigenvalue weighted by molar-refractivity contribution is -0.143. The third-order valence-electron chi connectivity index (χ3n) is 10.5. The van der Waals surface area contributed by atoms with Crippen LogP contribution >= 0.6 is 0 Å². The van der Waals surface area contributed by atoms with E-state index < -0.39 is 25.5 Å². The number of unbranched alkanes of at least 4 members (excludes halogenated alkanes) is 2. The fraction of sp³-hybridized carbons (Fsp3) is 0.477. The van der Waals surface area contributed by atoms with Gasteiger partial charge >= 0.3 is 5.97 Å². The maximum absolute atomic E-state index is 15.6. The lowest BCUT2D eigenvalue weighted by Gasteiger charge is -2.30. The van der Waals surface area contributed by atoms with Gasteiger partial charge in [0.1, 0.15) is 11.6 Å². The summed E-state index contributed by atoms with van der Waals surface area (Å²) in [5.74, 6) is -0.975. The first-order chi connectivity index (χ1) is 25.1. The Balaban J connectivity index is 1.34. The number of carbonyl (C=O) groups is 1. The second-order valence-corrected chi connectivity index (χ2v) is 14.3. The van der Waals surface area contributed by atoms with Crippen LogP contribution in [0.5, 0.6) is 0 Å². The van der Waals surface area contributed by atoms with Gasteiger partial charge in [0.25, 0.3) is 0 Å². The smallest absolute Gasteiger partial charge is 0.335 e. The fourth-order valence-electron chi connectivity index (χ4n) is 7.12. The molecule has 1 fully saturated rings. The highest BCUT2D eigenvalue weighted by molar-refractivity contribution is 5.87. The Hall–Kier alpha value is -3.69. The molecule has 8 heteroatoms. The molecule has 1 aliphatic carbocycles. The summed E-state index contributed by atoms with van der Waals surface area (Å²) in [5.41, 5.74) is 5.87. The Morgan fingerprint density at radius 1 is 0.846 bits per heavy atom. The van der Waals surface area contributed by atoms with Gasteiger partial charge in [0.15, 0.2) is 6.29 Å². The molecule has 0 radical (unpaired) electrons. The van der Waals surface area contributed by atoms with Crippen molar-refractivity contribution in [2.45, 2.75) is 96.7 Å². The molecule has 0 bridgehead atoms. The molecule has 2 atom stereocenters. The quantitative estimate of drug-likeness (QED) is 0.0355. The zero-order valence-electron chi connectivity index (χ0n) is 30.8. The van der Waals surface area contributed by atoms with Crippen molar-refractivity contribution in [2.24, 2.45) is 11.8 Å². The van der Waals surface area contributed by atoms with E-state index in [2.05, 4.69) is 39.1 Å². The topological polar surface area (TPSA) is 96.2 Å². The number of halogens is 2. The number of rotatable bonds is 20. The predicted octanol–water partition coefficient (Wildman–Crippen LogP) is 9.24. The van der Waals surface area contributed by atoms with Gasteiger partial charge in [-0.05, 0) is 110 Å². The van der Waals surface area contributed by atoms with Crippen molar-refractivity contribution >= 4 is 5.97 Å². The van der Waals surface area contributed by atoms with E-state index >= 15 is 8.78 Å². The molecule has 0 saturated heterocycles. The highest BCUT2D eigenvalue weighted by Crippen LogP contribution is 2.39. The molecule has 0 amide bonds. The first-order valence-electron chi connectivity index (χ1n) is 18.8. The monoisotopic (exact) mass is 718 g/mol. The van der Waals surface area contributed by atoms with Crippen molar-refractivity contribution in [3.8, 4) is 22.3 Å². The molecule has 0 aromatic heterocycles. The summed E-state index contributed by atoms with van der Waals surface area (Å²) < 4.78 is 41.9. The Labute approximate surface area is 308 Å². The van der Waals surface area contributed by atoms with E-state index in [1.165, 1.54) is 30.0 Å². The highest BCUT2D eigenvalue weighted by atomic mass is 19.1. The van der Waals surface area contributed by atoms with Crippen LogP contribution in [0.15, 0.2) is 78.9 Å². The van der Waals surface area contributed by atoms with E-state index in [4.69, 9.17) is 14.6 Å². The molecule has 4 rings (SSSR count). The van der Waals surface area contributed by atoms with Crippen LogP contribution in [0.1, 0.15) is 94.2 Å². The Kier molecular flexibility index (Phi) is 16.2. The average molecular weight is 719 g/mol. The standard InChI is InChI=1S/C44H56F2O6/c1-5-7-8-9-34-16-17-37(22-33(34)6-2)39-21-19-38(24-42(39)46)40-20-18-36(23-41(40)45)35-14-12-31(13-15-35)10-11-32(27-51-43(49)29(3)25-47)28-52-44(50)30(4)26-48/h16-24,31-32,35,43,47-49H,3-15,25-28H2,1-2H3. The number of esters is 1. The van der Waals surface area contributed by atoms with E-state index in [1.807, 2.05) is 12.1 Å². The number of aliphatic hydroxyl groups excluding tert-OH is 3. The molecule has 6 nitrogen and oxygen atoms in total. The minimum atomic E-state index is -1.33. The average Bonchev–Trinajstić information content (AvgIpc) is 3.16. The van der Waals surface area contributed by atoms with E-state index in [1.54, 1.807) is 24.3 Å². The molecule has 3 aromatic rings. The van der Waals surface area contributed by atoms with Crippen molar-refractivity contribution in [3.63, 3.8) is 0 Å².